The molecule has 2 N–H and O–H groups in total. The van der Waals surface area contributed by atoms with Gasteiger partial charge in [-0.3, -0.25) is 4.79 Å². The molecule has 1 aromatic rings. The normalized spacial score (nSPS) is 21.5. The van der Waals surface area contributed by atoms with Crippen molar-refractivity contribution in [2.75, 3.05) is 20.4 Å². The van der Waals surface area contributed by atoms with Gasteiger partial charge in [0.15, 0.2) is 0 Å². The molecule has 1 aliphatic heterocycles. The first-order valence-corrected chi connectivity index (χ1v) is 7.78. The second kappa shape index (κ2) is 6.22. The summed E-state index contributed by atoms with van der Waals surface area (Å²) in [6.07, 6.45) is 2.00. The highest BCUT2D eigenvalue weighted by Gasteiger charge is 2.38. The van der Waals surface area contributed by atoms with Crippen LogP contribution in [-0.2, 0) is 4.79 Å². The van der Waals surface area contributed by atoms with E-state index in [1.165, 1.54) is 4.90 Å². The molecule has 1 aliphatic rings. The maximum Gasteiger partial charge on any atom is 0.319 e. The molecule has 0 aromatic heterocycles. The molecule has 1 heterocycles. The third-order valence-electron chi connectivity index (χ3n) is 3.45. The average Bonchev–Trinajstić information content (AvgIpc) is 2.46. The van der Waals surface area contributed by atoms with Gasteiger partial charge in [-0.05, 0) is 24.0 Å². The molecule has 1 aromatic carbocycles. The standard InChI is InChI=1S/C15H19N3O2S/c1-9-12(14(19)18(2)3)13(17-15(20)16-9)10-5-7-11(21-4)8-6-10/h5-8,12-13H,1H2,2-4H3,(H2,16,17,20)/t12-,13+/m0/s1. The van der Waals surface area contributed by atoms with Crippen molar-refractivity contribution in [1.29, 1.82) is 0 Å². The first-order chi connectivity index (χ1) is 9.93. The zero-order chi connectivity index (χ0) is 15.6. The van der Waals surface area contributed by atoms with Gasteiger partial charge in [0.25, 0.3) is 0 Å². The maximum atomic E-state index is 12.4. The number of urea groups is 1. The quantitative estimate of drug-likeness (QED) is 0.840. The van der Waals surface area contributed by atoms with Crippen LogP contribution in [0, 0.1) is 5.92 Å². The lowest BCUT2D eigenvalue weighted by molar-refractivity contribution is -0.132. The Balaban J connectivity index is 2.36. The molecule has 0 saturated carbocycles. The second-order valence-corrected chi connectivity index (χ2v) is 5.96. The van der Waals surface area contributed by atoms with Crippen molar-refractivity contribution in [3.8, 4) is 0 Å². The fourth-order valence-corrected chi connectivity index (χ4v) is 2.75. The molecule has 21 heavy (non-hydrogen) atoms. The van der Waals surface area contributed by atoms with E-state index in [-0.39, 0.29) is 11.9 Å². The van der Waals surface area contributed by atoms with Crippen LogP contribution in [0.3, 0.4) is 0 Å². The van der Waals surface area contributed by atoms with Crippen LogP contribution in [0.4, 0.5) is 4.79 Å². The molecule has 1 fully saturated rings. The number of carbonyl (C=O) groups is 2. The zero-order valence-corrected chi connectivity index (χ0v) is 13.2. The van der Waals surface area contributed by atoms with Gasteiger partial charge in [-0.2, -0.15) is 0 Å². The van der Waals surface area contributed by atoms with Crippen molar-refractivity contribution in [2.24, 2.45) is 5.92 Å². The summed E-state index contributed by atoms with van der Waals surface area (Å²) in [6.45, 7) is 3.84. The number of rotatable bonds is 3. The number of carbonyl (C=O) groups excluding carboxylic acids is 2. The van der Waals surface area contributed by atoms with Crippen molar-refractivity contribution in [2.45, 2.75) is 10.9 Å². The predicted molar refractivity (Wildman–Crippen MR) is 84.0 cm³/mol. The van der Waals surface area contributed by atoms with Gasteiger partial charge in [0, 0.05) is 24.7 Å². The summed E-state index contributed by atoms with van der Waals surface area (Å²) in [5.41, 5.74) is 1.32. The molecule has 2 atom stereocenters. The molecule has 0 radical (unpaired) electrons. The Bertz CT molecular complexity index is 569. The smallest absolute Gasteiger partial charge is 0.319 e. The number of amides is 3. The molecule has 0 spiro atoms. The topological polar surface area (TPSA) is 61.4 Å². The molecule has 0 aliphatic carbocycles. The van der Waals surface area contributed by atoms with Crippen molar-refractivity contribution in [3.63, 3.8) is 0 Å². The molecular formula is C15H19N3O2S. The fraction of sp³-hybridized carbons (Fsp3) is 0.333. The summed E-state index contributed by atoms with van der Waals surface area (Å²) in [5.74, 6) is -0.607. The lowest BCUT2D eigenvalue weighted by atomic mass is 9.88. The van der Waals surface area contributed by atoms with E-state index in [0.29, 0.717) is 5.70 Å². The van der Waals surface area contributed by atoms with Gasteiger partial charge in [0.1, 0.15) is 5.92 Å². The molecule has 112 valence electrons. The van der Waals surface area contributed by atoms with Crippen LogP contribution >= 0.6 is 11.8 Å². The molecule has 5 nitrogen and oxygen atoms in total. The van der Waals surface area contributed by atoms with E-state index >= 15 is 0 Å². The third-order valence-corrected chi connectivity index (χ3v) is 4.19. The van der Waals surface area contributed by atoms with Gasteiger partial charge >= 0.3 is 6.03 Å². The summed E-state index contributed by atoms with van der Waals surface area (Å²) in [4.78, 5) is 26.7. The highest BCUT2D eigenvalue weighted by atomic mass is 32.2. The fourth-order valence-electron chi connectivity index (χ4n) is 2.34. The monoisotopic (exact) mass is 305 g/mol. The second-order valence-electron chi connectivity index (χ2n) is 5.08. The summed E-state index contributed by atoms with van der Waals surface area (Å²) >= 11 is 1.64. The SMILES string of the molecule is C=C1NC(=O)N[C@H](c2ccc(SC)cc2)[C@H]1C(=O)N(C)C. The Kier molecular flexibility index (Phi) is 4.57. The molecule has 0 unspecified atom stereocenters. The van der Waals surface area contributed by atoms with Gasteiger partial charge in [-0.1, -0.05) is 18.7 Å². The largest absolute Gasteiger partial charge is 0.348 e. The lowest BCUT2D eigenvalue weighted by Crippen LogP contribution is -2.52. The molecule has 3 amide bonds. The summed E-state index contributed by atoms with van der Waals surface area (Å²) in [5, 5.41) is 5.41. The van der Waals surface area contributed by atoms with E-state index in [4.69, 9.17) is 0 Å². The summed E-state index contributed by atoms with van der Waals surface area (Å²) in [7, 11) is 3.39. The average molecular weight is 305 g/mol. The number of thioether (sulfide) groups is 1. The van der Waals surface area contributed by atoms with Gasteiger partial charge in [-0.25, -0.2) is 4.79 Å². The molecule has 2 rings (SSSR count). The summed E-state index contributed by atoms with van der Waals surface area (Å²) in [6, 6.07) is 7.10. The zero-order valence-electron chi connectivity index (χ0n) is 12.3. The van der Waals surface area contributed by atoms with Gasteiger partial charge in [0.2, 0.25) is 5.91 Å². The van der Waals surface area contributed by atoms with E-state index in [9.17, 15) is 9.59 Å². The van der Waals surface area contributed by atoms with E-state index < -0.39 is 12.0 Å². The predicted octanol–water partition coefficient (Wildman–Crippen LogP) is 1.98. The number of nitrogens with one attached hydrogen (secondary N) is 2. The Morgan fingerprint density at radius 1 is 1.29 bits per heavy atom. The van der Waals surface area contributed by atoms with Gasteiger partial charge < -0.3 is 15.5 Å². The van der Waals surface area contributed by atoms with Crippen molar-refractivity contribution < 1.29 is 9.59 Å². The maximum absolute atomic E-state index is 12.4. The van der Waals surface area contributed by atoms with Crippen LogP contribution in [-0.4, -0.2) is 37.2 Å². The van der Waals surface area contributed by atoms with Crippen molar-refractivity contribution in [3.05, 3.63) is 42.1 Å². The highest BCUT2D eigenvalue weighted by molar-refractivity contribution is 7.98. The number of hydrogen-bond donors (Lipinski definition) is 2. The minimum atomic E-state index is -0.516. The van der Waals surface area contributed by atoms with E-state index in [0.717, 1.165) is 10.5 Å². The Labute approximate surface area is 128 Å². The molecule has 0 bridgehead atoms. The Morgan fingerprint density at radius 3 is 2.43 bits per heavy atom. The first kappa shape index (κ1) is 15.4. The number of benzene rings is 1. The van der Waals surface area contributed by atoms with Crippen LogP contribution in [0.1, 0.15) is 11.6 Å². The van der Waals surface area contributed by atoms with E-state index in [1.54, 1.807) is 25.9 Å². The Morgan fingerprint density at radius 2 is 1.90 bits per heavy atom. The van der Waals surface area contributed by atoms with Crippen molar-refractivity contribution >= 4 is 23.7 Å². The van der Waals surface area contributed by atoms with Crippen LogP contribution in [0.5, 0.6) is 0 Å². The van der Waals surface area contributed by atoms with Gasteiger partial charge in [0.05, 0.1) is 6.04 Å². The minimum Gasteiger partial charge on any atom is -0.348 e. The lowest BCUT2D eigenvalue weighted by Gasteiger charge is -2.35. The minimum absolute atomic E-state index is 0.0913. The van der Waals surface area contributed by atoms with Crippen LogP contribution in [0.2, 0.25) is 0 Å². The third kappa shape index (κ3) is 3.21. The van der Waals surface area contributed by atoms with E-state index in [2.05, 4.69) is 17.2 Å². The van der Waals surface area contributed by atoms with Crippen LogP contribution in [0.25, 0.3) is 0 Å². The molecular weight excluding hydrogens is 286 g/mol. The molecule has 1 saturated heterocycles. The molecule has 6 heteroatoms. The first-order valence-electron chi connectivity index (χ1n) is 6.55. The van der Waals surface area contributed by atoms with Gasteiger partial charge in [-0.15, -0.1) is 11.8 Å². The summed E-state index contributed by atoms with van der Waals surface area (Å²) < 4.78 is 0. The van der Waals surface area contributed by atoms with Crippen LogP contribution < -0.4 is 10.6 Å². The Hall–Kier alpha value is -1.95. The van der Waals surface area contributed by atoms with Crippen LogP contribution in [0.15, 0.2) is 41.4 Å². The van der Waals surface area contributed by atoms with E-state index in [1.807, 2.05) is 30.5 Å². The van der Waals surface area contributed by atoms with Crippen molar-refractivity contribution in [1.82, 2.24) is 15.5 Å². The highest BCUT2D eigenvalue weighted by Crippen LogP contribution is 2.31. The number of hydrogen-bond acceptors (Lipinski definition) is 3. The number of nitrogens with zero attached hydrogens (tertiary/aromatic N) is 1.